The normalized spacial score (nSPS) is 13.8. The van der Waals surface area contributed by atoms with Crippen LogP contribution in [-0.2, 0) is 25.9 Å². The van der Waals surface area contributed by atoms with E-state index in [9.17, 15) is 0 Å². The largest absolute Gasteiger partial charge is 0.370 e. The van der Waals surface area contributed by atoms with Crippen LogP contribution in [0.5, 0.6) is 0 Å². The van der Waals surface area contributed by atoms with E-state index >= 15 is 0 Å². The Hall–Kier alpha value is -2.14. The number of unbranched alkanes of at least 4 members (excludes halogenated alkanes) is 6. The third-order valence-corrected chi connectivity index (χ3v) is 7.33. The predicted molar refractivity (Wildman–Crippen MR) is 154 cm³/mol. The van der Waals surface area contributed by atoms with Gasteiger partial charge in [0.05, 0.1) is 5.69 Å². The first-order valence-electron chi connectivity index (χ1n) is 14.5. The Labute approximate surface area is 220 Å². The summed E-state index contributed by atoms with van der Waals surface area (Å²) in [4.78, 5) is 11.9. The maximum Gasteiger partial charge on any atom is 0.222 e. The number of aryl methyl sites for hydroxylation is 1. The van der Waals surface area contributed by atoms with E-state index < -0.39 is 0 Å². The van der Waals surface area contributed by atoms with Crippen molar-refractivity contribution in [3.8, 4) is 0 Å². The second kappa shape index (κ2) is 14.6. The van der Waals surface area contributed by atoms with Crippen molar-refractivity contribution in [2.45, 2.75) is 118 Å². The number of nitrogen functional groups attached to an aromatic ring is 1. The highest BCUT2D eigenvalue weighted by Gasteiger charge is 2.19. The number of aromatic nitrogens is 2. The van der Waals surface area contributed by atoms with Gasteiger partial charge in [-0.1, -0.05) is 90.5 Å². The molecule has 1 aromatic heterocycles. The number of nitrogens with one attached hydrogen (secondary N) is 1. The van der Waals surface area contributed by atoms with Crippen LogP contribution in [0.2, 0.25) is 0 Å². The molecule has 1 aromatic carbocycles. The molecule has 1 aliphatic rings. The fourth-order valence-corrected chi connectivity index (χ4v) is 5.24. The molecule has 1 aliphatic heterocycles. The minimum absolute atomic E-state index is 0.407. The third kappa shape index (κ3) is 9.72. The summed E-state index contributed by atoms with van der Waals surface area (Å²) in [7, 11) is 0. The van der Waals surface area contributed by atoms with Crippen LogP contribution in [0, 0.1) is 5.41 Å². The zero-order valence-corrected chi connectivity index (χ0v) is 23.5. The smallest absolute Gasteiger partial charge is 0.222 e. The summed E-state index contributed by atoms with van der Waals surface area (Å²) in [6.45, 7) is 13.4. The molecule has 0 saturated heterocycles. The van der Waals surface area contributed by atoms with E-state index in [1.807, 2.05) is 0 Å². The number of fused-ring (bicyclic) bond motifs is 1. The van der Waals surface area contributed by atoms with Crippen molar-refractivity contribution in [2.24, 2.45) is 5.41 Å². The van der Waals surface area contributed by atoms with Gasteiger partial charge in [-0.15, -0.1) is 0 Å². The summed E-state index contributed by atoms with van der Waals surface area (Å²) in [6, 6.07) is 8.84. The van der Waals surface area contributed by atoms with Crippen LogP contribution in [0.25, 0.3) is 0 Å². The molecule has 0 fully saturated rings. The molecule has 2 heterocycles. The van der Waals surface area contributed by atoms with Crippen molar-refractivity contribution >= 4 is 11.8 Å². The van der Waals surface area contributed by atoms with Gasteiger partial charge in [-0.25, -0.2) is 4.98 Å². The molecule has 0 spiro atoms. The van der Waals surface area contributed by atoms with E-state index in [1.54, 1.807) is 0 Å². The molecule has 5 heteroatoms. The SMILES string of the molecule is CCCCNc1nc(N)nc(CCCCCCCCC(C)(C)C)c1CCCN1Cc2ccccc2C1. The van der Waals surface area contributed by atoms with E-state index in [0.29, 0.717) is 11.4 Å². The number of rotatable bonds is 16. The molecule has 0 saturated carbocycles. The quantitative estimate of drug-likeness (QED) is 0.236. The average molecular weight is 494 g/mol. The second-order valence-corrected chi connectivity index (χ2v) is 11.9. The molecule has 2 aromatic rings. The summed E-state index contributed by atoms with van der Waals surface area (Å²) in [5.74, 6) is 1.38. The Morgan fingerprint density at radius 1 is 0.861 bits per heavy atom. The lowest BCUT2D eigenvalue weighted by atomic mass is 9.89. The molecule has 5 nitrogen and oxygen atoms in total. The highest BCUT2D eigenvalue weighted by molar-refractivity contribution is 5.50. The first kappa shape index (κ1) is 28.4. The Morgan fingerprint density at radius 2 is 1.53 bits per heavy atom. The monoisotopic (exact) mass is 493 g/mol. The van der Waals surface area contributed by atoms with Crippen LogP contribution in [0.3, 0.4) is 0 Å². The maximum absolute atomic E-state index is 6.16. The number of hydrogen-bond donors (Lipinski definition) is 2. The molecule has 200 valence electrons. The standard InChI is InChI=1S/C31H51N5/c1-5-6-21-33-29-27(18-15-22-36-23-25-16-12-13-17-26(25)24-36)28(34-30(32)35-29)19-11-9-7-8-10-14-20-31(2,3)4/h12-13,16-17H,5-11,14-15,18-24H2,1-4H3,(H3,32,33,34,35). The van der Waals surface area contributed by atoms with E-state index in [-0.39, 0.29) is 0 Å². The van der Waals surface area contributed by atoms with Crippen LogP contribution >= 0.6 is 0 Å². The molecule has 0 atom stereocenters. The summed E-state index contributed by atoms with van der Waals surface area (Å²) in [5, 5.41) is 3.58. The van der Waals surface area contributed by atoms with Crippen LogP contribution in [0.4, 0.5) is 11.8 Å². The van der Waals surface area contributed by atoms with Crippen LogP contribution in [0.15, 0.2) is 24.3 Å². The minimum Gasteiger partial charge on any atom is -0.370 e. The fourth-order valence-electron chi connectivity index (χ4n) is 5.24. The van der Waals surface area contributed by atoms with Gasteiger partial charge in [-0.05, 0) is 61.6 Å². The van der Waals surface area contributed by atoms with Crippen molar-refractivity contribution in [1.29, 1.82) is 0 Å². The van der Waals surface area contributed by atoms with Crippen LogP contribution in [-0.4, -0.2) is 28.0 Å². The maximum atomic E-state index is 6.16. The Kier molecular flexibility index (Phi) is 11.5. The molecular formula is C31H51N5. The third-order valence-electron chi connectivity index (χ3n) is 7.33. The van der Waals surface area contributed by atoms with E-state index in [2.05, 4.69) is 67.2 Å². The van der Waals surface area contributed by atoms with Crippen molar-refractivity contribution in [3.63, 3.8) is 0 Å². The van der Waals surface area contributed by atoms with Crippen molar-refractivity contribution in [1.82, 2.24) is 14.9 Å². The Morgan fingerprint density at radius 3 is 2.19 bits per heavy atom. The number of benzene rings is 1. The van der Waals surface area contributed by atoms with Gasteiger partial charge in [-0.3, -0.25) is 4.90 Å². The lowest BCUT2D eigenvalue weighted by Crippen LogP contribution is -2.19. The molecule has 0 radical (unpaired) electrons. The van der Waals surface area contributed by atoms with E-state index in [4.69, 9.17) is 10.7 Å². The summed E-state index contributed by atoms with van der Waals surface area (Å²) in [6.07, 6.45) is 14.6. The zero-order chi connectivity index (χ0) is 25.8. The fraction of sp³-hybridized carbons (Fsp3) is 0.677. The van der Waals surface area contributed by atoms with E-state index in [0.717, 1.165) is 57.7 Å². The zero-order valence-electron chi connectivity index (χ0n) is 23.5. The lowest BCUT2D eigenvalue weighted by Gasteiger charge is -2.18. The minimum atomic E-state index is 0.407. The number of hydrogen-bond acceptors (Lipinski definition) is 5. The highest BCUT2D eigenvalue weighted by Crippen LogP contribution is 2.26. The second-order valence-electron chi connectivity index (χ2n) is 11.9. The number of nitrogens with two attached hydrogens (primary N) is 1. The van der Waals surface area contributed by atoms with Gasteiger partial charge in [0.25, 0.3) is 0 Å². The Bertz CT molecular complexity index is 893. The summed E-state index contributed by atoms with van der Waals surface area (Å²) < 4.78 is 0. The van der Waals surface area contributed by atoms with Gasteiger partial charge in [0.2, 0.25) is 5.95 Å². The summed E-state index contributed by atoms with van der Waals surface area (Å²) in [5.41, 5.74) is 12.0. The first-order chi connectivity index (χ1) is 17.4. The molecule has 0 aliphatic carbocycles. The lowest BCUT2D eigenvalue weighted by molar-refractivity contribution is 0.280. The molecular weight excluding hydrogens is 442 g/mol. The topological polar surface area (TPSA) is 67.1 Å². The van der Waals surface area contributed by atoms with Gasteiger partial charge in [0, 0.05) is 25.2 Å². The molecule has 3 rings (SSSR count). The molecule has 0 amide bonds. The van der Waals surface area contributed by atoms with Crippen LogP contribution in [0.1, 0.15) is 114 Å². The summed E-state index contributed by atoms with van der Waals surface area (Å²) >= 11 is 0. The van der Waals surface area contributed by atoms with Crippen molar-refractivity contribution in [2.75, 3.05) is 24.1 Å². The van der Waals surface area contributed by atoms with Gasteiger partial charge >= 0.3 is 0 Å². The molecule has 0 bridgehead atoms. The number of nitrogens with zero attached hydrogens (tertiary/aromatic N) is 3. The van der Waals surface area contributed by atoms with Crippen molar-refractivity contribution in [3.05, 3.63) is 46.6 Å². The van der Waals surface area contributed by atoms with Gasteiger partial charge in [0.1, 0.15) is 5.82 Å². The first-order valence-corrected chi connectivity index (χ1v) is 14.5. The van der Waals surface area contributed by atoms with Crippen LogP contribution < -0.4 is 11.1 Å². The predicted octanol–water partition coefficient (Wildman–Crippen LogP) is 7.54. The van der Waals surface area contributed by atoms with Gasteiger partial charge in [-0.2, -0.15) is 4.98 Å². The van der Waals surface area contributed by atoms with Crippen molar-refractivity contribution < 1.29 is 0 Å². The van der Waals surface area contributed by atoms with E-state index in [1.165, 1.54) is 73.8 Å². The molecule has 36 heavy (non-hydrogen) atoms. The highest BCUT2D eigenvalue weighted by atomic mass is 15.1. The number of anilines is 2. The van der Waals surface area contributed by atoms with Gasteiger partial charge in [0.15, 0.2) is 0 Å². The van der Waals surface area contributed by atoms with Gasteiger partial charge < -0.3 is 11.1 Å². The average Bonchev–Trinajstić information content (AvgIpc) is 3.24. The Balaban J connectivity index is 1.51. The molecule has 0 unspecified atom stereocenters. The molecule has 3 N–H and O–H groups in total.